The van der Waals surface area contributed by atoms with Gasteiger partial charge in [-0.2, -0.15) is 0 Å². The molecule has 0 radical (unpaired) electrons. The number of anilines is 1. The van der Waals surface area contributed by atoms with Gasteiger partial charge in [-0.15, -0.1) is 0 Å². The van der Waals surface area contributed by atoms with Crippen LogP contribution >= 0.6 is 15.9 Å². The maximum absolute atomic E-state index is 12.5. The van der Waals surface area contributed by atoms with E-state index in [1.165, 1.54) is 19.1 Å². The Morgan fingerprint density at radius 1 is 1.32 bits per heavy atom. The first-order valence-electron chi connectivity index (χ1n) is 7.05. The van der Waals surface area contributed by atoms with E-state index >= 15 is 0 Å². The summed E-state index contributed by atoms with van der Waals surface area (Å²) in [5.74, 6) is -0.741. The smallest absolute Gasteiger partial charge is 0.328 e. The van der Waals surface area contributed by atoms with E-state index in [0.717, 1.165) is 27.7 Å². The zero-order chi connectivity index (χ0) is 16.9. The molecule has 6 heteroatoms. The average molecular weight is 372 g/mol. The molecule has 0 aliphatic carbocycles. The lowest BCUT2D eigenvalue weighted by molar-refractivity contribution is -0.143. The van der Waals surface area contributed by atoms with Gasteiger partial charge in [-0.05, 0) is 43.5 Å². The lowest BCUT2D eigenvalue weighted by atomic mass is 10.0. The van der Waals surface area contributed by atoms with Crippen LogP contribution in [0.5, 0.6) is 0 Å². The van der Waals surface area contributed by atoms with Gasteiger partial charge in [-0.25, -0.2) is 4.79 Å². The van der Waals surface area contributed by atoms with Crippen LogP contribution in [0.15, 0.2) is 16.6 Å². The molecule has 1 unspecified atom stereocenters. The Bertz CT molecular complexity index is 559. The molecule has 0 saturated carbocycles. The highest BCUT2D eigenvalue weighted by Crippen LogP contribution is 2.31. The van der Waals surface area contributed by atoms with Crippen molar-refractivity contribution in [1.82, 2.24) is 0 Å². The molecule has 0 aliphatic rings. The van der Waals surface area contributed by atoms with Crippen LogP contribution in [-0.2, 0) is 25.5 Å². The number of hydrogen-bond donors (Lipinski definition) is 0. The van der Waals surface area contributed by atoms with Gasteiger partial charge in [-0.3, -0.25) is 9.69 Å². The van der Waals surface area contributed by atoms with Gasteiger partial charge in [0, 0.05) is 11.6 Å². The monoisotopic (exact) mass is 371 g/mol. The maximum atomic E-state index is 12.5. The maximum Gasteiger partial charge on any atom is 0.328 e. The van der Waals surface area contributed by atoms with E-state index in [-0.39, 0.29) is 12.5 Å². The van der Waals surface area contributed by atoms with Crippen LogP contribution in [0, 0.1) is 6.92 Å². The molecule has 122 valence electrons. The summed E-state index contributed by atoms with van der Waals surface area (Å²) in [7, 11) is 2.76. The highest BCUT2D eigenvalue weighted by Gasteiger charge is 2.30. The predicted molar refractivity (Wildman–Crippen MR) is 89.1 cm³/mol. The minimum atomic E-state index is -0.724. The summed E-state index contributed by atoms with van der Waals surface area (Å²) in [6, 6.07) is 3.16. The number of carbonyl (C=O) groups is 2. The van der Waals surface area contributed by atoms with Gasteiger partial charge in [0.15, 0.2) is 0 Å². The van der Waals surface area contributed by atoms with Gasteiger partial charge in [-0.1, -0.05) is 22.9 Å². The fourth-order valence-electron chi connectivity index (χ4n) is 2.42. The standard InChI is InChI=1S/C16H22BrNO4/c1-6-12-8-13(17)7-10(2)15(12)18(14(19)9-21-4)11(3)16(20)22-5/h7-8,11H,6,9H2,1-5H3. The Morgan fingerprint density at radius 3 is 2.45 bits per heavy atom. The summed E-state index contributed by atoms with van der Waals surface area (Å²) in [5.41, 5.74) is 2.63. The number of ether oxygens (including phenoxy) is 2. The highest BCUT2D eigenvalue weighted by atomic mass is 79.9. The molecule has 1 rings (SSSR count). The minimum Gasteiger partial charge on any atom is -0.467 e. The molecule has 0 saturated heterocycles. The molecule has 0 spiro atoms. The number of amides is 1. The largest absolute Gasteiger partial charge is 0.467 e. The third kappa shape index (κ3) is 4.08. The summed E-state index contributed by atoms with van der Waals surface area (Å²) in [6.45, 7) is 5.48. The summed E-state index contributed by atoms with van der Waals surface area (Å²) < 4.78 is 10.7. The van der Waals surface area contributed by atoms with Crippen molar-refractivity contribution >= 4 is 33.5 Å². The Morgan fingerprint density at radius 2 is 1.95 bits per heavy atom. The van der Waals surface area contributed by atoms with Crippen LogP contribution in [0.2, 0.25) is 0 Å². The molecule has 1 atom stereocenters. The molecule has 0 fully saturated rings. The molecule has 0 heterocycles. The number of carbonyl (C=O) groups excluding carboxylic acids is 2. The van der Waals surface area contributed by atoms with Gasteiger partial charge in [0.05, 0.1) is 12.8 Å². The van der Waals surface area contributed by atoms with E-state index in [4.69, 9.17) is 9.47 Å². The van der Waals surface area contributed by atoms with Gasteiger partial charge < -0.3 is 9.47 Å². The zero-order valence-corrected chi connectivity index (χ0v) is 15.2. The zero-order valence-electron chi connectivity index (χ0n) is 13.6. The number of hydrogen-bond acceptors (Lipinski definition) is 4. The second kappa shape index (κ2) is 8.29. The van der Waals surface area contributed by atoms with Gasteiger partial charge in [0.2, 0.25) is 0 Å². The third-order valence-corrected chi connectivity index (χ3v) is 3.89. The molecule has 22 heavy (non-hydrogen) atoms. The van der Waals surface area contributed by atoms with E-state index in [0.29, 0.717) is 0 Å². The lowest BCUT2D eigenvalue weighted by Gasteiger charge is -2.31. The number of halogens is 1. The third-order valence-electron chi connectivity index (χ3n) is 3.43. The normalized spacial score (nSPS) is 11.9. The quantitative estimate of drug-likeness (QED) is 0.721. The van der Waals surface area contributed by atoms with Crippen molar-refractivity contribution < 1.29 is 19.1 Å². The topological polar surface area (TPSA) is 55.8 Å². The molecule has 0 N–H and O–H groups in total. The van der Waals surface area contributed by atoms with Gasteiger partial charge in [0.1, 0.15) is 12.6 Å². The summed E-state index contributed by atoms with van der Waals surface area (Å²) in [5, 5.41) is 0. The fourth-order valence-corrected chi connectivity index (χ4v) is 3.04. The molecular weight excluding hydrogens is 350 g/mol. The summed E-state index contributed by atoms with van der Waals surface area (Å²) >= 11 is 3.46. The first-order valence-corrected chi connectivity index (χ1v) is 7.84. The summed E-state index contributed by atoms with van der Waals surface area (Å²) in [6.07, 6.45) is 0.736. The Kier molecular flexibility index (Phi) is 7.03. The predicted octanol–water partition coefficient (Wildman–Crippen LogP) is 2.86. The Labute approximate surface area is 139 Å². The molecule has 0 aliphatic heterocycles. The van der Waals surface area contributed by atoms with Gasteiger partial charge >= 0.3 is 5.97 Å². The van der Waals surface area contributed by atoms with Crippen molar-refractivity contribution in [1.29, 1.82) is 0 Å². The first kappa shape index (κ1) is 18.6. The fraction of sp³-hybridized carbons (Fsp3) is 0.500. The average Bonchev–Trinajstić information content (AvgIpc) is 2.48. The van der Waals surface area contributed by atoms with Crippen LogP contribution in [0.3, 0.4) is 0 Å². The SMILES string of the molecule is CCc1cc(Br)cc(C)c1N(C(=O)COC)C(C)C(=O)OC. The molecule has 1 aromatic rings. The number of methoxy groups -OCH3 is 2. The number of aryl methyl sites for hydroxylation is 2. The highest BCUT2D eigenvalue weighted by molar-refractivity contribution is 9.10. The van der Waals surface area contributed by atoms with E-state index in [2.05, 4.69) is 15.9 Å². The van der Waals surface area contributed by atoms with Crippen molar-refractivity contribution in [2.45, 2.75) is 33.2 Å². The lowest BCUT2D eigenvalue weighted by Crippen LogP contribution is -2.46. The number of nitrogens with zero attached hydrogens (tertiary/aromatic N) is 1. The van der Waals surface area contributed by atoms with E-state index in [9.17, 15) is 9.59 Å². The van der Waals surface area contributed by atoms with Crippen molar-refractivity contribution in [2.75, 3.05) is 25.7 Å². The second-order valence-corrected chi connectivity index (χ2v) is 5.90. The van der Waals surface area contributed by atoms with Crippen LogP contribution in [0.25, 0.3) is 0 Å². The Balaban J connectivity index is 3.45. The van der Waals surface area contributed by atoms with E-state index in [1.54, 1.807) is 6.92 Å². The molecule has 5 nitrogen and oxygen atoms in total. The van der Waals surface area contributed by atoms with Crippen molar-refractivity contribution in [3.05, 3.63) is 27.7 Å². The number of benzene rings is 1. The van der Waals surface area contributed by atoms with E-state index in [1.807, 2.05) is 26.0 Å². The molecule has 0 bridgehead atoms. The molecule has 1 aromatic carbocycles. The van der Waals surface area contributed by atoms with Crippen molar-refractivity contribution in [3.63, 3.8) is 0 Å². The minimum absolute atomic E-state index is 0.0972. The van der Waals surface area contributed by atoms with Crippen LogP contribution in [-0.4, -0.2) is 38.7 Å². The van der Waals surface area contributed by atoms with Crippen LogP contribution in [0.4, 0.5) is 5.69 Å². The molecular formula is C16H22BrNO4. The van der Waals surface area contributed by atoms with Crippen molar-refractivity contribution in [2.24, 2.45) is 0 Å². The van der Waals surface area contributed by atoms with Crippen LogP contribution < -0.4 is 4.90 Å². The Hall–Kier alpha value is -1.40. The van der Waals surface area contributed by atoms with Gasteiger partial charge in [0.25, 0.3) is 5.91 Å². The van der Waals surface area contributed by atoms with Crippen LogP contribution in [0.1, 0.15) is 25.0 Å². The summed E-state index contributed by atoms with van der Waals surface area (Å²) in [4.78, 5) is 25.9. The van der Waals surface area contributed by atoms with Crippen molar-refractivity contribution in [3.8, 4) is 0 Å². The second-order valence-electron chi connectivity index (χ2n) is 4.98. The van der Waals surface area contributed by atoms with E-state index < -0.39 is 12.0 Å². The number of rotatable bonds is 6. The molecule has 0 aromatic heterocycles. The molecule has 1 amide bonds. The number of esters is 1. The first-order chi connectivity index (χ1) is 10.4.